The minimum atomic E-state index is -1.90. The Kier molecular flexibility index (Phi) is 5.77. The molecular formula is C24H24N2O4. The van der Waals surface area contributed by atoms with Gasteiger partial charge < -0.3 is 14.9 Å². The maximum atomic E-state index is 13.1. The van der Waals surface area contributed by atoms with Gasteiger partial charge >= 0.3 is 5.63 Å². The van der Waals surface area contributed by atoms with E-state index in [9.17, 15) is 14.7 Å². The van der Waals surface area contributed by atoms with E-state index in [1.807, 2.05) is 44.2 Å². The molecule has 0 aliphatic heterocycles. The van der Waals surface area contributed by atoms with Crippen molar-refractivity contribution in [3.8, 4) is 11.8 Å². The zero-order valence-corrected chi connectivity index (χ0v) is 17.4. The standard InChI is InChI=1S/C24H24N2O4/c1-5-13-24(29,15-23(3,4)17-9-7-6-8-10-17)22(28)25-18-11-12-19-20(14-18)16(2)26-30-21(19)27/h6-12,14,29H,15H2,1-4H3,(H,25,28). The van der Waals surface area contributed by atoms with Gasteiger partial charge in [0.1, 0.15) is 0 Å². The summed E-state index contributed by atoms with van der Waals surface area (Å²) in [6.07, 6.45) is 0.106. The second kappa shape index (κ2) is 8.13. The van der Waals surface area contributed by atoms with Crippen LogP contribution in [0.25, 0.3) is 10.8 Å². The highest BCUT2D eigenvalue weighted by atomic mass is 16.5. The van der Waals surface area contributed by atoms with Crippen molar-refractivity contribution >= 4 is 22.4 Å². The molecule has 154 valence electrons. The minimum Gasteiger partial charge on any atom is -0.369 e. The van der Waals surface area contributed by atoms with Gasteiger partial charge in [-0.1, -0.05) is 55.3 Å². The fraction of sp³-hybridized carbons (Fsp3) is 0.292. The van der Waals surface area contributed by atoms with Gasteiger partial charge in [-0.3, -0.25) is 4.79 Å². The molecule has 1 amide bonds. The highest BCUT2D eigenvalue weighted by Gasteiger charge is 2.40. The number of hydrogen-bond acceptors (Lipinski definition) is 5. The molecule has 0 spiro atoms. The molecule has 6 nitrogen and oxygen atoms in total. The third-order valence-electron chi connectivity index (χ3n) is 5.11. The van der Waals surface area contributed by atoms with Crippen molar-refractivity contribution in [3.63, 3.8) is 0 Å². The van der Waals surface area contributed by atoms with Crippen LogP contribution >= 0.6 is 0 Å². The van der Waals surface area contributed by atoms with Gasteiger partial charge in [-0.25, -0.2) is 4.79 Å². The number of aryl methyl sites for hydroxylation is 1. The lowest BCUT2D eigenvalue weighted by Crippen LogP contribution is -2.46. The Morgan fingerprint density at radius 2 is 1.87 bits per heavy atom. The van der Waals surface area contributed by atoms with Crippen LogP contribution in [0.2, 0.25) is 0 Å². The summed E-state index contributed by atoms with van der Waals surface area (Å²) in [5.74, 6) is 4.72. The third kappa shape index (κ3) is 4.27. The van der Waals surface area contributed by atoms with Gasteiger partial charge in [-0.15, -0.1) is 5.92 Å². The molecule has 1 unspecified atom stereocenters. The second-order valence-electron chi connectivity index (χ2n) is 7.93. The molecule has 0 saturated heterocycles. The Morgan fingerprint density at radius 3 is 2.53 bits per heavy atom. The number of nitrogens with one attached hydrogen (secondary N) is 1. The van der Waals surface area contributed by atoms with Crippen molar-refractivity contribution in [2.24, 2.45) is 0 Å². The monoisotopic (exact) mass is 404 g/mol. The van der Waals surface area contributed by atoms with Crippen LogP contribution in [0.5, 0.6) is 0 Å². The number of rotatable bonds is 5. The molecule has 2 aromatic carbocycles. The molecule has 2 N–H and O–H groups in total. The van der Waals surface area contributed by atoms with E-state index in [0.29, 0.717) is 22.2 Å². The van der Waals surface area contributed by atoms with E-state index in [4.69, 9.17) is 4.52 Å². The first-order valence-electron chi connectivity index (χ1n) is 9.60. The van der Waals surface area contributed by atoms with Crippen LogP contribution in [-0.2, 0) is 10.2 Å². The molecule has 3 aromatic rings. The lowest BCUT2D eigenvalue weighted by molar-refractivity contribution is -0.130. The summed E-state index contributed by atoms with van der Waals surface area (Å²) in [6, 6.07) is 14.5. The second-order valence-corrected chi connectivity index (χ2v) is 7.93. The van der Waals surface area contributed by atoms with Crippen molar-refractivity contribution < 1.29 is 14.4 Å². The number of hydrogen-bond donors (Lipinski definition) is 2. The molecule has 3 rings (SSSR count). The Bertz CT molecular complexity index is 1200. The number of fused-ring (bicyclic) bond motifs is 1. The summed E-state index contributed by atoms with van der Waals surface area (Å²) in [5.41, 5.74) is -1.00. The first-order valence-corrected chi connectivity index (χ1v) is 9.60. The normalized spacial score (nSPS) is 13.2. The summed E-state index contributed by atoms with van der Waals surface area (Å²) in [7, 11) is 0. The van der Waals surface area contributed by atoms with E-state index >= 15 is 0 Å². The molecule has 1 aromatic heterocycles. The van der Waals surface area contributed by atoms with E-state index in [2.05, 4.69) is 22.3 Å². The first kappa shape index (κ1) is 21.3. The Hall–Kier alpha value is -3.43. The van der Waals surface area contributed by atoms with Gasteiger partial charge in [0.2, 0.25) is 5.60 Å². The molecule has 0 saturated carbocycles. The minimum absolute atomic E-state index is 0.106. The zero-order chi connectivity index (χ0) is 21.9. The Balaban J connectivity index is 1.92. The molecule has 1 atom stereocenters. The van der Waals surface area contributed by atoms with Crippen molar-refractivity contribution in [1.82, 2.24) is 5.16 Å². The van der Waals surface area contributed by atoms with E-state index in [0.717, 1.165) is 5.56 Å². The van der Waals surface area contributed by atoms with E-state index in [1.165, 1.54) is 0 Å². The third-order valence-corrected chi connectivity index (χ3v) is 5.11. The maximum absolute atomic E-state index is 13.1. The van der Waals surface area contributed by atoms with Gasteiger partial charge in [0.15, 0.2) is 0 Å². The summed E-state index contributed by atoms with van der Waals surface area (Å²) in [4.78, 5) is 24.9. The van der Waals surface area contributed by atoms with Crippen LogP contribution in [0, 0.1) is 18.8 Å². The number of aromatic nitrogens is 1. The summed E-state index contributed by atoms with van der Waals surface area (Å²) in [5, 5.41) is 18.6. The van der Waals surface area contributed by atoms with Crippen LogP contribution in [0.15, 0.2) is 57.8 Å². The van der Waals surface area contributed by atoms with E-state index in [-0.39, 0.29) is 6.42 Å². The zero-order valence-electron chi connectivity index (χ0n) is 17.4. The Morgan fingerprint density at radius 1 is 1.17 bits per heavy atom. The molecule has 0 bridgehead atoms. The lowest BCUT2D eigenvalue weighted by Gasteiger charge is -2.32. The topological polar surface area (TPSA) is 92.4 Å². The highest BCUT2D eigenvalue weighted by molar-refractivity contribution is 6.01. The molecule has 1 heterocycles. The molecule has 6 heteroatoms. The fourth-order valence-electron chi connectivity index (χ4n) is 3.56. The maximum Gasteiger partial charge on any atom is 0.366 e. The van der Waals surface area contributed by atoms with E-state index < -0.39 is 22.5 Å². The van der Waals surface area contributed by atoms with Crippen molar-refractivity contribution in [2.45, 2.75) is 45.1 Å². The predicted molar refractivity (Wildman–Crippen MR) is 116 cm³/mol. The Labute approximate surface area is 174 Å². The number of carbonyl (C=O) groups excluding carboxylic acids is 1. The van der Waals surface area contributed by atoms with Gasteiger partial charge in [-0.05, 0) is 43.0 Å². The van der Waals surface area contributed by atoms with Crippen LogP contribution in [0.4, 0.5) is 5.69 Å². The average Bonchev–Trinajstić information content (AvgIpc) is 2.71. The fourth-order valence-corrected chi connectivity index (χ4v) is 3.56. The van der Waals surface area contributed by atoms with Crippen LogP contribution in [0.3, 0.4) is 0 Å². The summed E-state index contributed by atoms with van der Waals surface area (Å²) < 4.78 is 4.72. The molecule has 30 heavy (non-hydrogen) atoms. The highest BCUT2D eigenvalue weighted by Crippen LogP contribution is 2.33. The van der Waals surface area contributed by atoms with Gasteiger partial charge in [0.25, 0.3) is 5.91 Å². The van der Waals surface area contributed by atoms with Crippen LogP contribution < -0.4 is 10.9 Å². The molecule has 0 aliphatic carbocycles. The lowest BCUT2D eigenvalue weighted by atomic mass is 9.75. The number of nitrogens with zero attached hydrogens (tertiary/aromatic N) is 1. The van der Waals surface area contributed by atoms with Crippen LogP contribution in [-0.4, -0.2) is 21.8 Å². The van der Waals surface area contributed by atoms with Crippen molar-refractivity contribution in [1.29, 1.82) is 0 Å². The summed E-state index contributed by atoms with van der Waals surface area (Å²) in [6.45, 7) is 7.21. The predicted octanol–water partition coefficient (Wildman–Crippen LogP) is 3.56. The van der Waals surface area contributed by atoms with Crippen molar-refractivity contribution in [3.05, 3.63) is 70.2 Å². The number of anilines is 1. The number of aliphatic hydroxyl groups is 1. The van der Waals surface area contributed by atoms with Gasteiger partial charge in [0.05, 0.1) is 11.1 Å². The molecule has 0 radical (unpaired) electrons. The molecule has 0 fully saturated rings. The number of amides is 1. The quantitative estimate of drug-likeness (QED) is 0.635. The molecule has 0 aliphatic rings. The van der Waals surface area contributed by atoms with Gasteiger partial charge in [-0.2, -0.15) is 0 Å². The van der Waals surface area contributed by atoms with Gasteiger partial charge in [0, 0.05) is 17.5 Å². The van der Waals surface area contributed by atoms with E-state index in [1.54, 1.807) is 32.0 Å². The number of benzene rings is 2. The van der Waals surface area contributed by atoms with Crippen LogP contribution in [0.1, 0.15) is 38.4 Å². The number of carbonyl (C=O) groups is 1. The smallest absolute Gasteiger partial charge is 0.366 e. The first-order chi connectivity index (χ1) is 14.2. The SMILES string of the molecule is CC#CC(O)(CC(C)(C)c1ccccc1)C(=O)Nc1ccc2c(=O)onc(C)c2c1. The molecular weight excluding hydrogens is 380 g/mol. The average molecular weight is 404 g/mol. The largest absolute Gasteiger partial charge is 0.369 e. The van der Waals surface area contributed by atoms with Crippen molar-refractivity contribution in [2.75, 3.05) is 5.32 Å². The summed E-state index contributed by atoms with van der Waals surface area (Å²) >= 11 is 0.